The topological polar surface area (TPSA) is 47.6 Å². The zero-order chi connectivity index (χ0) is 16.7. The molecule has 0 aliphatic carbocycles. The molecule has 0 atom stereocenters. The van der Waals surface area contributed by atoms with E-state index in [1.807, 2.05) is 62.4 Å². The number of amides is 1. The molecule has 0 aromatic heterocycles. The molecule has 0 saturated carbocycles. The molecule has 0 fully saturated rings. The van der Waals surface area contributed by atoms with Gasteiger partial charge in [0.25, 0.3) is 0 Å². The summed E-state index contributed by atoms with van der Waals surface area (Å²) in [5, 5.41) is 2.88. The minimum atomic E-state index is -0.0386. The predicted octanol–water partition coefficient (Wildman–Crippen LogP) is 4.21. The molecule has 1 N–H and O–H groups in total. The van der Waals surface area contributed by atoms with Gasteiger partial charge in [-0.2, -0.15) is 0 Å². The number of rotatable bonds is 7. The molecule has 4 nitrogen and oxygen atoms in total. The zero-order valence-corrected chi connectivity index (χ0v) is 14.4. The van der Waals surface area contributed by atoms with Crippen molar-refractivity contribution in [3.63, 3.8) is 0 Å². The van der Waals surface area contributed by atoms with Crippen LogP contribution in [0.25, 0.3) is 0 Å². The average molecular weight is 331 g/mol. The molecule has 2 aromatic carbocycles. The molecule has 0 heterocycles. The van der Waals surface area contributed by atoms with Crippen molar-refractivity contribution in [2.75, 3.05) is 18.2 Å². The van der Waals surface area contributed by atoms with E-state index < -0.39 is 0 Å². The first kappa shape index (κ1) is 17.2. The summed E-state index contributed by atoms with van der Waals surface area (Å²) < 4.78 is 10.7. The van der Waals surface area contributed by atoms with Gasteiger partial charge in [0, 0.05) is 10.6 Å². The average Bonchev–Trinajstić information content (AvgIpc) is 2.55. The third-order valence-corrected chi connectivity index (χ3v) is 3.95. The summed E-state index contributed by atoms with van der Waals surface area (Å²) in [6, 6.07) is 15.0. The molecule has 2 aromatic rings. The molecule has 2 rings (SSSR count). The molecule has 0 aliphatic rings. The lowest BCUT2D eigenvalue weighted by atomic mass is 10.3. The van der Waals surface area contributed by atoms with Crippen LogP contribution in [0.5, 0.6) is 11.5 Å². The number of hydrogen-bond donors (Lipinski definition) is 1. The van der Waals surface area contributed by atoms with Gasteiger partial charge in [-0.25, -0.2) is 0 Å². The van der Waals surface area contributed by atoms with Crippen molar-refractivity contribution >= 4 is 23.4 Å². The summed E-state index contributed by atoms with van der Waals surface area (Å²) in [4.78, 5) is 13.0. The summed E-state index contributed by atoms with van der Waals surface area (Å²) in [5.41, 5.74) is 0.765. The molecule has 1 amide bonds. The fraction of sp³-hybridized carbons (Fsp3) is 0.278. The molecule has 23 heavy (non-hydrogen) atoms. The fourth-order valence-electron chi connectivity index (χ4n) is 1.91. The Morgan fingerprint density at radius 3 is 2.22 bits per heavy atom. The molecular weight excluding hydrogens is 310 g/mol. The second-order valence-electron chi connectivity index (χ2n) is 5.20. The number of carbonyl (C=O) groups excluding carboxylic acids is 1. The normalized spacial score (nSPS) is 10.4. The maximum absolute atomic E-state index is 12.0. The van der Waals surface area contributed by atoms with Crippen LogP contribution in [0.1, 0.15) is 13.8 Å². The van der Waals surface area contributed by atoms with Crippen LogP contribution < -0.4 is 14.8 Å². The number of ether oxygens (including phenoxy) is 2. The number of benzene rings is 2. The first-order valence-corrected chi connectivity index (χ1v) is 8.39. The Hall–Kier alpha value is -2.14. The maximum Gasteiger partial charge on any atom is 0.234 e. The number of methoxy groups -OCH3 is 1. The summed E-state index contributed by atoms with van der Waals surface area (Å²) in [5.74, 6) is 1.92. The number of thioether (sulfide) groups is 1. The van der Waals surface area contributed by atoms with Crippen LogP contribution in [0, 0.1) is 0 Å². The van der Waals surface area contributed by atoms with E-state index in [2.05, 4.69) is 5.32 Å². The molecule has 0 spiro atoms. The quantitative estimate of drug-likeness (QED) is 0.772. The van der Waals surface area contributed by atoms with E-state index in [1.54, 1.807) is 7.11 Å². The van der Waals surface area contributed by atoms with Gasteiger partial charge in [0.05, 0.1) is 19.0 Å². The molecule has 5 heteroatoms. The fourth-order valence-corrected chi connectivity index (χ4v) is 2.61. The van der Waals surface area contributed by atoms with Gasteiger partial charge >= 0.3 is 0 Å². The Balaban J connectivity index is 1.81. The van der Waals surface area contributed by atoms with Crippen molar-refractivity contribution < 1.29 is 14.3 Å². The SMILES string of the molecule is COc1ccc(SCC(=O)Nc2ccc(OC(C)C)cc2)cc1. The van der Waals surface area contributed by atoms with Gasteiger partial charge < -0.3 is 14.8 Å². The Kier molecular flexibility index (Phi) is 6.35. The van der Waals surface area contributed by atoms with E-state index in [-0.39, 0.29) is 12.0 Å². The third-order valence-electron chi connectivity index (χ3n) is 2.94. The summed E-state index contributed by atoms with van der Waals surface area (Å²) in [6.45, 7) is 3.96. The Morgan fingerprint density at radius 1 is 1.04 bits per heavy atom. The molecule has 0 unspecified atom stereocenters. The van der Waals surface area contributed by atoms with Crippen molar-refractivity contribution in [3.8, 4) is 11.5 Å². The summed E-state index contributed by atoms with van der Waals surface area (Å²) in [6.07, 6.45) is 0.135. The van der Waals surface area contributed by atoms with Gasteiger partial charge in [0.2, 0.25) is 5.91 Å². The van der Waals surface area contributed by atoms with Crippen LogP contribution in [0.3, 0.4) is 0 Å². The van der Waals surface area contributed by atoms with Gasteiger partial charge in [-0.1, -0.05) is 0 Å². The Labute approximate surface area is 141 Å². The van der Waals surface area contributed by atoms with E-state index in [0.29, 0.717) is 5.75 Å². The van der Waals surface area contributed by atoms with E-state index in [9.17, 15) is 4.79 Å². The third kappa shape index (κ3) is 5.87. The second kappa shape index (κ2) is 8.48. The molecule has 0 bridgehead atoms. The lowest BCUT2D eigenvalue weighted by molar-refractivity contribution is -0.113. The second-order valence-corrected chi connectivity index (χ2v) is 6.25. The smallest absolute Gasteiger partial charge is 0.234 e. The van der Waals surface area contributed by atoms with Crippen LogP contribution in [0.15, 0.2) is 53.4 Å². The lowest BCUT2D eigenvalue weighted by Crippen LogP contribution is -2.14. The van der Waals surface area contributed by atoms with Crippen LogP contribution in [-0.4, -0.2) is 24.9 Å². The van der Waals surface area contributed by atoms with E-state index in [0.717, 1.165) is 22.1 Å². The van der Waals surface area contributed by atoms with Crippen molar-refractivity contribution in [1.29, 1.82) is 0 Å². The van der Waals surface area contributed by atoms with Crippen LogP contribution in [0.4, 0.5) is 5.69 Å². The van der Waals surface area contributed by atoms with Crippen LogP contribution >= 0.6 is 11.8 Å². The van der Waals surface area contributed by atoms with Gasteiger partial charge in [-0.3, -0.25) is 4.79 Å². The standard InChI is InChI=1S/C18H21NO3S/c1-13(2)22-16-6-4-14(5-7-16)19-18(20)12-23-17-10-8-15(21-3)9-11-17/h4-11,13H,12H2,1-3H3,(H,19,20). The lowest BCUT2D eigenvalue weighted by Gasteiger charge is -2.10. The summed E-state index contributed by atoms with van der Waals surface area (Å²) in [7, 11) is 1.63. The van der Waals surface area contributed by atoms with Crippen LogP contribution in [0.2, 0.25) is 0 Å². The first-order valence-electron chi connectivity index (χ1n) is 7.40. The van der Waals surface area contributed by atoms with Gasteiger partial charge in [-0.05, 0) is 62.4 Å². The largest absolute Gasteiger partial charge is 0.497 e. The number of nitrogens with one attached hydrogen (secondary N) is 1. The molecule has 0 saturated heterocycles. The van der Waals surface area contributed by atoms with Crippen LogP contribution in [-0.2, 0) is 4.79 Å². The summed E-state index contributed by atoms with van der Waals surface area (Å²) >= 11 is 1.49. The van der Waals surface area contributed by atoms with Crippen molar-refractivity contribution in [2.24, 2.45) is 0 Å². The predicted molar refractivity (Wildman–Crippen MR) is 94.6 cm³/mol. The van der Waals surface area contributed by atoms with Gasteiger partial charge in [0.15, 0.2) is 0 Å². The molecule has 0 radical (unpaired) electrons. The van der Waals surface area contributed by atoms with Crippen molar-refractivity contribution in [1.82, 2.24) is 0 Å². The van der Waals surface area contributed by atoms with Crippen molar-refractivity contribution in [3.05, 3.63) is 48.5 Å². The zero-order valence-electron chi connectivity index (χ0n) is 13.5. The number of anilines is 1. The minimum Gasteiger partial charge on any atom is -0.497 e. The number of hydrogen-bond acceptors (Lipinski definition) is 4. The highest BCUT2D eigenvalue weighted by Gasteiger charge is 2.05. The molecule has 0 aliphatic heterocycles. The highest BCUT2D eigenvalue weighted by molar-refractivity contribution is 8.00. The highest BCUT2D eigenvalue weighted by Crippen LogP contribution is 2.22. The molecule has 122 valence electrons. The number of carbonyl (C=O) groups is 1. The Morgan fingerprint density at radius 2 is 1.65 bits per heavy atom. The highest BCUT2D eigenvalue weighted by atomic mass is 32.2. The molecular formula is C18H21NO3S. The Bertz CT molecular complexity index is 624. The maximum atomic E-state index is 12.0. The first-order chi connectivity index (χ1) is 11.1. The van der Waals surface area contributed by atoms with Crippen molar-refractivity contribution in [2.45, 2.75) is 24.8 Å². The van der Waals surface area contributed by atoms with E-state index >= 15 is 0 Å². The monoisotopic (exact) mass is 331 g/mol. The van der Waals surface area contributed by atoms with Gasteiger partial charge in [-0.15, -0.1) is 11.8 Å². The van der Waals surface area contributed by atoms with Gasteiger partial charge in [0.1, 0.15) is 11.5 Å². The van der Waals surface area contributed by atoms with E-state index in [1.165, 1.54) is 11.8 Å². The van der Waals surface area contributed by atoms with E-state index in [4.69, 9.17) is 9.47 Å². The minimum absolute atomic E-state index is 0.0386.